The molecule has 0 saturated carbocycles. The first-order valence-electron chi connectivity index (χ1n) is 8.18. The first-order chi connectivity index (χ1) is 10.3. The number of nitrogens with one attached hydrogen (secondary N) is 2. The fourth-order valence-corrected chi connectivity index (χ4v) is 4.10. The summed E-state index contributed by atoms with van der Waals surface area (Å²) in [5.74, 6) is 0.178. The van der Waals surface area contributed by atoms with Crippen LogP contribution in [0.4, 0.5) is 5.69 Å². The van der Waals surface area contributed by atoms with Crippen molar-refractivity contribution in [3.05, 3.63) is 29.8 Å². The van der Waals surface area contributed by atoms with Gasteiger partial charge in [0.1, 0.15) is 0 Å². The molecule has 4 nitrogen and oxygen atoms in total. The molecular formula is C17H24ClN3O. The Balaban J connectivity index is 0.00000144. The zero-order valence-electron chi connectivity index (χ0n) is 12.8. The van der Waals surface area contributed by atoms with Gasteiger partial charge >= 0.3 is 0 Å². The Bertz CT molecular complexity index is 550. The molecule has 120 valence electrons. The van der Waals surface area contributed by atoms with Crippen molar-refractivity contribution in [2.75, 3.05) is 18.4 Å². The van der Waals surface area contributed by atoms with Gasteiger partial charge in [0.25, 0.3) is 0 Å². The van der Waals surface area contributed by atoms with Crippen molar-refractivity contribution >= 4 is 24.0 Å². The minimum Gasteiger partial charge on any atom is -0.324 e. The van der Waals surface area contributed by atoms with Gasteiger partial charge in [-0.2, -0.15) is 0 Å². The summed E-state index contributed by atoms with van der Waals surface area (Å²) in [6.45, 7) is 2.06. The molecule has 3 unspecified atom stereocenters. The number of hydrogen-bond donors (Lipinski definition) is 2. The third kappa shape index (κ3) is 3.00. The molecular weight excluding hydrogens is 298 g/mol. The molecule has 3 aliphatic rings. The average molecular weight is 322 g/mol. The minimum absolute atomic E-state index is 0. The van der Waals surface area contributed by atoms with Crippen LogP contribution in [-0.2, 0) is 11.2 Å². The smallest absolute Gasteiger partial charge is 0.241 e. The second-order valence-corrected chi connectivity index (χ2v) is 6.62. The van der Waals surface area contributed by atoms with Gasteiger partial charge in [-0.15, -0.1) is 12.4 Å². The van der Waals surface area contributed by atoms with Crippen molar-refractivity contribution in [1.29, 1.82) is 0 Å². The number of halogens is 1. The Morgan fingerprint density at radius 3 is 2.77 bits per heavy atom. The molecule has 1 amide bonds. The molecule has 0 radical (unpaired) electrons. The van der Waals surface area contributed by atoms with Crippen molar-refractivity contribution in [2.24, 2.45) is 0 Å². The number of hydrogen-bond acceptors (Lipinski definition) is 3. The largest absolute Gasteiger partial charge is 0.324 e. The molecule has 0 aromatic heterocycles. The molecule has 0 spiro atoms. The number of benzene rings is 1. The van der Waals surface area contributed by atoms with E-state index in [2.05, 4.69) is 27.7 Å². The van der Waals surface area contributed by atoms with E-state index in [1.54, 1.807) is 0 Å². The lowest BCUT2D eigenvalue weighted by atomic mass is 10.0. The van der Waals surface area contributed by atoms with Gasteiger partial charge in [-0.1, -0.05) is 18.2 Å². The van der Waals surface area contributed by atoms with E-state index < -0.39 is 0 Å². The molecule has 0 aliphatic carbocycles. The Morgan fingerprint density at radius 2 is 1.86 bits per heavy atom. The van der Waals surface area contributed by atoms with Gasteiger partial charge in [-0.05, 0) is 43.7 Å². The maximum Gasteiger partial charge on any atom is 0.241 e. The summed E-state index contributed by atoms with van der Waals surface area (Å²) in [7, 11) is 0. The van der Waals surface area contributed by atoms with Crippen LogP contribution >= 0.6 is 12.4 Å². The van der Waals surface area contributed by atoms with Crippen LogP contribution in [0.2, 0.25) is 0 Å². The molecule has 1 aromatic rings. The Hall–Kier alpha value is -1.10. The summed E-state index contributed by atoms with van der Waals surface area (Å²) in [5.41, 5.74) is 2.27. The summed E-state index contributed by atoms with van der Waals surface area (Å²) < 4.78 is 0. The fraction of sp³-hybridized carbons (Fsp3) is 0.588. The molecule has 22 heavy (non-hydrogen) atoms. The van der Waals surface area contributed by atoms with Gasteiger partial charge in [0, 0.05) is 30.9 Å². The van der Waals surface area contributed by atoms with Gasteiger partial charge in [0.2, 0.25) is 5.91 Å². The fourth-order valence-electron chi connectivity index (χ4n) is 4.10. The number of likely N-dealkylation sites (tertiary alicyclic amines) is 1. The predicted molar refractivity (Wildman–Crippen MR) is 90.6 cm³/mol. The van der Waals surface area contributed by atoms with Crippen LogP contribution < -0.4 is 10.6 Å². The lowest BCUT2D eigenvalue weighted by Crippen LogP contribution is -2.47. The molecule has 1 aromatic carbocycles. The average Bonchev–Trinajstić information content (AvgIpc) is 2.72. The number of para-hydroxylation sites is 1. The normalized spacial score (nSPS) is 31.5. The minimum atomic E-state index is 0. The van der Waals surface area contributed by atoms with Crippen molar-refractivity contribution in [1.82, 2.24) is 10.2 Å². The summed E-state index contributed by atoms with van der Waals surface area (Å²) in [5, 5.41) is 6.83. The van der Waals surface area contributed by atoms with Crippen molar-refractivity contribution < 1.29 is 4.79 Å². The summed E-state index contributed by atoms with van der Waals surface area (Å²) in [6.07, 6.45) is 5.65. The number of fused-ring (bicyclic) bond motifs is 3. The van der Waals surface area contributed by atoms with Crippen LogP contribution in [0.15, 0.2) is 24.3 Å². The Kier molecular flexibility index (Phi) is 4.71. The Labute approximate surface area is 138 Å². The van der Waals surface area contributed by atoms with E-state index in [0.29, 0.717) is 12.1 Å². The number of aryl methyl sites for hydroxylation is 1. The molecule has 2 fully saturated rings. The predicted octanol–water partition coefficient (Wildman–Crippen LogP) is 2.19. The van der Waals surface area contributed by atoms with E-state index in [9.17, 15) is 4.79 Å². The molecule has 2 bridgehead atoms. The quantitative estimate of drug-likeness (QED) is 0.833. The molecule has 3 aliphatic heterocycles. The zero-order chi connectivity index (χ0) is 14.2. The van der Waals surface area contributed by atoms with E-state index in [0.717, 1.165) is 31.6 Å². The van der Waals surface area contributed by atoms with E-state index in [1.807, 2.05) is 12.1 Å². The number of nitrogens with zero attached hydrogens (tertiary/aromatic N) is 1. The van der Waals surface area contributed by atoms with Crippen LogP contribution in [0.3, 0.4) is 0 Å². The van der Waals surface area contributed by atoms with Crippen molar-refractivity contribution in [2.45, 2.75) is 50.2 Å². The Morgan fingerprint density at radius 1 is 1.05 bits per heavy atom. The topological polar surface area (TPSA) is 44.4 Å². The zero-order valence-corrected chi connectivity index (χ0v) is 13.6. The highest BCUT2D eigenvalue weighted by atomic mass is 35.5. The van der Waals surface area contributed by atoms with Crippen LogP contribution in [0.5, 0.6) is 0 Å². The molecule has 4 rings (SSSR count). The van der Waals surface area contributed by atoms with E-state index in [1.165, 1.54) is 24.8 Å². The van der Waals surface area contributed by atoms with Gasteiger partial charge in [-0.25, -0.2) is 0 Å². The van der Waals surface area contributed by atoms with Crippen LogP contribution in [0.25, 0.3) is 0 Å². The maximum atomic E-state index is 12.6. The van der Waals surface area contributed by atoms with E-state index >= 15 is 0 Å². The van der Waals surface area contributed by atoms with Gasteiger partial charge in [-0.3, -0.25) is 9.69 Å². The highest BCUT2D eigenvalue weighted by Crippen LogP contribution is 2.27. The molecule has 2 N–H and O–H groups in total. The van der Waals surface area contributed by atoms with E-state index in [-0.39, 0.29) is 24.4 Å². The van der Waals surface area contributed by atoms with E-state index in [4.69, 9.17) is 0 Å². The van der Waals surface area contributed by atoms with Crippen LogP contribution in [0, 0.1) is 0 Å². The first-order valence-corrected chi connectivity index (χ1v) is 8.18. The van der Waals surface area contributed by atoms with Crippen molar-refractivity contribution in [3.63, 3.8) is 0 Å². The number of carbonyl (C=O) groups is 1. The van der Waals surface area contributed by atoms with Crippen LogP contribution in [0.1, 0.15) is 31.2 Å². The molecule has 2 saturated heterocycles. The third-order valence-electron chi connectivity index (χ3n) is 5.26. The monoisotopic (exact) mass is 321 g/mol. The number of anilines is 1. The standard InChI is InChI=1S/C17H23N3O.ClH/c21-17-16(8-5-12-3-1-2-4-15(12)19-17)20-10-9-13-6-7-14(11-20)18-13;/h1-4,13-14,16,18H,5-11H2,(H,19,21);1H. The van der Waals surface area contributed by atoms with Gasteiger partial charge < -0.3 is 10.6 Å². The van der Waals surface area contributed by atoms with Crippen molar-refractivity contribution in [3.8, 4) is 0 Å². The van der Waals surface area contributed by atoms with Gasteiger partial charge in [0.15, 0.2) is 0 Å². The van der Waals surface area contributed by atoms with Crippen LogP contribution in [-0.4, -0.2) is 42.0 Å². The highest BCUT2D eigenvalue weighted by Gasteiger charge is 2.35. The lowest BCUT2D eigenvalue weighted by Gasteiger charge is -2.30. The number of rotatable bonds is 1. The molecule has 5 heteroatoms. The third-order valence-corrected chi connectivity index (χ3v) is 5.26. The second-order valence-electron chi connectivity index (χ2n) is 6.62. The maximum absolute atomic E-state index is 12.6. The van der Waals surface area contributed by atoms with Gasteiger partial charge in [0.05, 0.1) is 6.04 Å². The summed E-state index contributed by atoms with van der Waals surface area (Å²) in [4.78, 5) is 15.0. The SMILES string of the molecule is Cl.O=C1Nc2ccccc2CCC1N1CCC2CCC(C1)N2. The number of carbonyl (C=O) groups excluding carboxylic acids is 1. The molecule has 3 heterocycles. The number of amides is 1. The lowest BCUT2D eigenvalue weighted by molar-refractivity contribution is -0.121. The summed E-state index contributed by atoms with van der Waals surface area (Å²) in [6, 6.07) is 9.47. The molecule has 3 atom stereocenters. The second kappa shape index (κ2) is 6.57. The highest BCUT2D eigenvalue weighted by molar-refractivity contribution is 5.96. The first kappa shape index (κ1) is 15.8. The summed E-state index contributed by atoms with van der Waals surface area (Å²) >= 11 is 0.